The molecule has 20 heavy (non-hydrogen) atoms. The maximum Gasteiger partial charge on any atom is 0.251 e. The van der Waals surface area contributed by atoms with E-state index in [1.54, 1.807) is 0 Å². The van der Waals surface area contributed by atoms with Gasteiger partial charge in [-0.3, -0.25) is 14.5 Å². The van der Waals surface area contributed by atoms with E-state index in [2.05, 4.69) is 11.8 Å². The van der Waals surface area contributed by atoms with Gasteiger partial charge in [-0.2, -0.15) is 0 Å². The summed E-state index contributed by atoms with van der Waals surface area (Å²) in [7, 11) is 0. The highest BCUT2D eigenvalue weighted by atomic mass is 16.2. The number of benzene rings is 1. The van der Waals surface area contributed by atoms with Crippen molar-refractivity contribution in [2.24, 2.45) is 5.92 Å². The van der Waals surface area contributed by atoms with Gasteiger partial charge in [0, 0.05) is 6.54 Å². The molecule has 4 nitrogen and oxygen atoms in total. The van der Waals surface area contributed by atoms with Gasteiger partial charge in [-0.1, -0.05) is 25.1 Å². The monoisotopic (exact) mass is 272 g/mol. The van der Waals surface area contributed by atoms with Gasteiger partial charge in [0.05, 0.1) is 18.2 Å². The molecule has 0 aliphatic carbocycles. The van der Waals surface area contributed by atoms with E-state index >= 15 is 0 Å². The van der Waals surface area contributed by atoms with Gasteiger partial charge in [-0.05, 0) is 37.4 Å². The molecule has 2 aliphatic heterocycles. The highest BCUT2D eigenvalue weighted by Crippen LogP contribution is 2.28. The number of para-hydroxylation sites is 1. The Labute approximate surface area is 119 Å². The molecule has 2 fully saturated rings. The number of carbonyl (C=O) groups excluding carboxylic acids is 2. The number of likely N-dealkylation sites (tertiary alicyclic amines) is 1. The molecule has 2 amide bonds. The van der Waals surface area contributed by atoms with Gasteiger partial charge in [-0.15, -0.1) is 0 Å². The van der Waals surface area contributed by atoms with E-state index in [0.717, 1.165) is 19.5 Å². The zero-order chi connectivity index (χ0) is 14.1. The van der Waals surface area contributed by atoms with Crippen molar-refractivity contribution in [3.8, 4) is 0 Å². The van der Waals surface area contributed by atoms with Gasteiger partial charge in [0.1, 0.15) is 0 Å². The van der Waals surface area contributed by atoms with Gasteiger partial charge < -0.3 is 0 Å². The van der Waals surface area contributed by atoms with E-state index in [9.17, 15) is 9.59 Å². The van der Waals surface area contributed by atoms with Crippen LogP contribution >= 0.6 is 0 Å². The normalized spacial score (nSPS) is 28.1. The lowest BCUT2D eigenvalue weighted by molar-refractivity contribution is -0.123. The molecule has 0 N–H and O–H groups in total. The zero-order valence-electron chi connectivity index (χ0n) is 11.8. The summed E-state index contributed by atoms with van der Waals surface area (Å²) in [6, 6.07) is 8.97. The molecule has 0 radical (unpaired) electrons. The topological polar surface area (TPSA) is 40.6 Å². The van der Waals surface area contributed by atoms with Gasteiger partial charge >= 0.3 is 0 Å². The molecule has 4 heteroatoms. The van der Waals surface area contributed by atoms with Crippen LogP contribution in [0.3, 0.4) is 0 Å². The van der Waals surface area contributed by atoms with Gasteiger partial charge in [0.2, 0.25) is 5.91 Å². The van der Waals surface area contributed by atoms with Crippen molar-refractivity contribution in [3.05, 3.63) is 30.3 Å². The highest BCUT2D eigenvalue weighted by Gasteiger charge is 2.43. The molecule has 0 bridgehead atoms. The van der Waals surface area contributed by atoms with Crippen LogP contribution in [0.5, 0.6) is 0 Å². The lowest BCUT2D eigenvalue weighted by Crippen LogP contribution is -2.46. The Balaban J connectivity index is 1.80. The lowest BCUT2D eigenvalue weighted by atomic mass is 9.98. The van der Waals surface area contributed by atoms with E-state index < -0.39 is 0 Å². The van der Waals surface area contributed by atoms with Crippen LogP contribution in [0.2, 0.25) is 0 Å². The third-order valence-corrected chi connectivity index (χ3v) is 4.27. The fourth-order valence-electron chi connectivity index (χ4n) is 3.26. The van der Waals surface area contributed by atoms with E-state index in [-0.39, 0.29) is 17.9 Å². The van der Waals surface area contributed by atoms with Gasteiger partial charge in [0.15, 0.2) is 0 Å². The van der Waals surface area contributed by atoms with E-state index in [1.165, 1.54) is 11.3 Å². The van der Waals surface area contributed by atoms with Crippen LogP contribution in [0.4, 0.5) is 5.69 Å². The molecule has 0 aromatic heterocycles. The molecule has 106 valence electrons. The second-order valence-electron chi connectivity index (χ2n) is 5.87. The van der Waals surface area contributed by atoms with Crippen LogP contribution in [-0.4, -0.2) is 35.8 Å². The third-order valence-electron chi connectivity index (χ3n) is 4.27. The third kappa shape index (κ3) is 2.36. The fourth-order valence-corrected chi connectivity index (χ4v) is 3.26. The zero-order valence-corrected chi connectivity index (χ0v) is 11.8. The SMILES string of the molecule is CC1CCCN(C2CC(=O)N(c3ccccc3)C2=O)C1. The summed E-state index contributed by atoms with van der Waals surface area (Å²) in [6.45, 7) is 4.06. The molecule has 2 heterocycles. The molecule has 2 atom stereocenters. The maximum absolute atomic E-state index is 12.6. The van der Waals surface area contributed by atoms with E-state index in [1.807, 2.05) is 30.3 Å². The van der Waals surface area contributed by atoms with Gasteiger partial charge in [-0.25, -0.2) is 4.90 Å². The van der Waals surface area contributed by atoms with Crippen molar-refractivity contribution in [1.29, 1.82) is 0 Å². The Kier molecular flexibility index (Phi) is 3.57. The molecule has 1 aromatic rings. The largest absolute Gasteiger partial charge is 0.291 e. The number of carbonyl (C=O) groups is 2. The summed E-state index contributed by atoms with van der Waals surface area (Å²) in [4.78, 5) is 28.3. The van der Waals surface area contributed by atoms with Crippen LogP contribution < -0.4 is 4.90 Å². The summed E-state index contributed by atoms with van der Waals surface area (Å²) in [5.41, 5.74) is 0.690. The predicted molar refractivity (Wildman–Crippen MR) is 77.3 cm³/mol. The van der Waals surface area contributed by atoms with Gasteiger partial charge in [0.25, 0.3) is 5.91 Å². The molecule has 2 unspecified atom stereocenters. The summed E-state index contributed by atoms with van der Waals surface area (Å²) < 4.78 is 0. The van der Waals surface area contributed by atoms with Crippen LogP contribution in [0.1, 0.15) is 26.2 Å². The molecule has 3 rings (SSSR count). The number of imide groups is 1. The number of anilines is 1. The lowest BCUT2D eigenvalue weighted by Gasteiger charge is -2.34. The number of rotatable bonds is 2. The Hall–Kier alpha value is -1.68. The van der Waals surface area contributed by atoms with Crippen LogP contribution in [0.15, 0.2) is 30.3 Å². The minimum Gasteiger partial charge on any atom is -0.291 e. The van der Waals surface area contributed by atoms with Crippen molar-refractivity contribution in [3.63, 3.8) is 0 Å². The molecular formula is C16H20N2O2. The standard InChI is InChI=1S/C16H20N2O2/c1-12-6-5-9-17(11-12)14-10-15(19)18(16(14)20)13-7-3-2-4-8-13/h2-4,7-8,12,14H,5-6,9-11H2,1H3. The number of hydrogen-bond acceptors (Lipinski definition) is 3. The molecular weight excluding hydrogens is 252 g/mol. The summed E-state index contributed by atoms with van der Waals surface area (Å²) in [5.74, 6) is 0.470. The van der Waals surface area contributed by atoms with Crippen LogP contribution in [-0.2, 0) is 9.59 Å². The molecule has 1 aromatic carbocycles. The average molecular weight is 272 g/mol. The molecule has 2 aliphatic rings. The predicted octanol–water partition coefficient (Wildman–Crippen LogP) is 2.05. The molecule has 0 spiro atoms. The number of amides is 2. The number of hydrogen-bond donors (Lipinski definition) is 0. The second-order valence-corrected chi connectivity index (χ2v) is 5.87. The fraction of sp³-hybridized carbons (Fsp3) is 0.500. The molecule has 2 saturated heterocycles. The number of piperidine rings is 1. The van der Waals surface area contributed by atoms with E-state index in [4.69, 9.17) is 0 Å². The quantitative estimate of drug-likeness (QED) is 0.774. The second kappa shape index (κ2) is 5.37. The minimum absolute atomic E-state index is 0.0599. The summed E-state index contributed by atoms with van der Waals surface area (Å²) in [5, 5.41) is 0. The Morgan fingerprint density at radius 3 is 2.60 bits per heavy atom. The molecule has 0 saturated carbocycles. The first-order chi connectivity index (χ1) is 9.66. The van der Waals surface area contributed by atoms with Crippen LogP contribution in [0, 0.1) is 5.92 Å². The Morgan fingerprint density at radius 1 is 1.15 bits per heavy atom. The summed E-state index contributed by atoms with van der Waals surface area (Å²) >= 11 is 0. The first-order valence-electron chi connectivity index (χ1n) is 7.32. The first kappa shape index (κ1) is 13.3. The minimum atomic E-state index is -0.259. The van der Waals surface area contributed by atoms with Crippen molar-refractivity contribution in [1.82, 2.24) is 4.90 Å². The van der Waals surface area contributed by atoms with Crippen molar-refractivity contribution >= 4 is 17.5 Å². The van der Waals surface area contributed by atoms with E-state index in [0.29, 0.717) is 18.0 Å². The van der Waals surface area contributed by atoms with Crippen molar-refractivity contribution in [2.75, 3.05) is 18.0 Å². The smallest absolute Gasteiger partial charge is 0.251 e. The van der Waals surface area contributed by atoms with Crippen LogP contribution in [0.25, 0.3) is 0 Å². The maximum atomic E-state index is 12.6. The first-order valence-corrected chi connectivity index (χ1v) is 7.32. The number of nitrogens with zero attached hydrogens (tertiary/aromatic N) is 2. The highest BCUT2D eigenvalue weighted by molar-refractivity contribution is 6.22. The Bertz CT molecular complexity index is 514. The van der Waals surface area contributed by atoms with Crippen molar-refractivity contribution < 1.29 is 9.59 Å². The van der Waals surface area contributed by atoms with Crippen molar-refractivity contribution in [2.45, 2.75) is 32.2 Å². The Morgan fingerprint density at radius 2 is 1.90 bits per heavy atom. The average Bonchev–Trinajstić information content (AvgIpc) is 2.75. The summed E-state index contributed by atoms with van der Waals surface area (Å²) in [6.07, 6.45) is 2.65.